The summed E-state index contributed by atoms with van der Waals surface area (Å²) >= 11 is 0. The third-order valence-electron chi connectivity index (χ3n) is 13.5. The molecule has 1 fully saturated rings. The maximum atomic E-state index is 12.9. The number of aliphatic imine (C=N–C) groups is 1. The van der Waals surface area contributed by atoms with E-state index in [1.54, 1.807) is 6.07 Å². The van der Waals surface area contributed by atoms with E-state index in [-0.39, 0.29) is 55.0 Å². The van der Waals surface area contributed by atoms with Gasteiger partial charge in [-0.2, -0.15) is 0 Å². The number of ketones is 1. The van der Waals surface area contributed by atoms with E-state index in [4.69, 9.17) is 20.2 Å². The van der Waals surface area contributed by atoms with Gasteiger partial charge >= 0.3 is 0 Å². The predicted octanol–water partition coefficient (Wildman–Crippen LogP) is 3.82. The number of quaternary nitrogens is 1. The maximum absolute atomic E-state index is 12.9. The topological polar surface area (TPSA) is 171 Å². The lowest BCUT2D eigenvalue weighted by Gasteiger charge is -2.41. The summed E-state index contributed by atoms with van der Waals surface area (Å²) in [4.78, 5) is 19.0. The van der Waals surface area contributed by atoms with Crippen molar-refractivity contribution in [3.63, 3.8) is 0 Å². The Morgan fingerprint density at radius 2 is 1.93 bits per heavy atom. The van der Waals surface area contributed by atoms with Gasteiger partial charge in [0.2, 0.25) is 0 Å². The Hall–Kier alpha value is -4.46. The maximum Gasteiger partial charge on any atom is 0.252 e. The van der Waals surface area contributed by atoms with Gasteiger partial charge in [-0.25, -0.2) is 0 Å². The Kier molecular flexibility index (Phi) is 10.3. The van der Waals surface area contributed by atoms with E-state index in [2.05, 4.69) is 41.5 Å². The van der Waals surface area contributed by atoms with Gasteiger partial charge in [0.15, 0.2) is 11.5 Å². The van der Waals surface area contributed by atoms with Gasteiger partial charge < -0.3 is 35.6 Å². The van der Waals surface area contributed by atoms with Crippen LogP contribution in [0.4, 0.5) is 0 Å². The Morgan fingerprint density at radius 1 is 1.11 bits per heavy atom. The number of aryl methyl sites for hydroxylation is 1. The van der Waals surface area contributed by atoms with Crippen molar-refractivity contribution in [2.45, 2.75) is 127 Å². The number of aliphatic hydroxyl groups excluding tert-OH is 3. The lowest BCUT2D eigenvalue weighted by Crippen LogP contribution is -3.13. The Balaban J connectivity index is 1.10. The number of aliphatic hydroxyl groups is 3. The first-order valence-corrected chi connectivity index (χ1v) is 20.9. The minimum absolute atomic E-state index is 0.0356. The lowest BCUT2D eigenvalue weighted by atomic mass is 9.67. The number of benzene rings is 2. The van der Waals surface area contributed by atoms with Crippen molar-refractivity contribution in [2.75, 3.05) is 13.1 Å². The van der Waals surface area contributed by atoms with Crippen LogP contribution >= 0.6 is 0 Å². The third-order valence-corrected chi connectivity index (χ3v) is 13.5. The van der Waals surface area contributed by atoms with Crippen LogP contribution in [0.2, 0.25) is 0 Å². The molecule has 5 aliphatic heterocycles. The molecule has 0 saturated heterocycles. The number of ether oxygens (including phenoxy) is 2. The number of fused-ring (bicyclic) bond motifs is 6. The second-order valence-corrected chi connectivity index (χ2v) is 17.2. The van der Waals surface area contributed by atoms with Crippen molar-refractivity contribution < 1.29 is 39.6 Å². The summed E-state index contributed by atoms with van der Waals surface area (Å²) in [7, 11) is 0. The van der Waals surface area contributed by atoms with Crippen LogP contribution in [0.3, 0.4) is 0 Å². The highest BCUT2D eigenvalue weighted by Gasteiger charge is 2.52. The fraction of sp³-hybridized carbons (Fsp3) is 0.522. The van der Waals surface area contributed by atoms with Gasteiger partial charge in [-0.15, -0.1) is 0 Å². The van der Waals surface area contributed by atoms with Crippen LogP contribution in [0.1, 0.15) is 129 Å². The lowest BCUT2D eigenvalue weighted by molar-refractivity contribution is -0.888. The molecule has 11 heteroatoms. The number of nitrogens with two attached hydrogens (primary N) is 1. The quantitative estimate of drug-likeness (QED) is 0.187. The van der Waals surface area contributed by atoms with Crippen LogP contribution in [-0.4, -0.2) is 63.4 Å². The normalized spacial score (nSPS) is 29.5. The monoisotopic (exact) mass is 773 g/mol. The number of aromatic hydroxyl groups is 1. The molecule has 11 nitrogen and oxygen atoms in total. The van der Waals surface area contributed by atoms with Crippen molar-refractivity contribution in [2.24, 2.45) is 22.1 Å². The summed E-state index contributed by atoms with van der Waals surface area (Å²) in [5, 5.41) is 47.3. The summed E-state index contributed by atoms with van der Waals surface area (Å²) in [6, 6.07) is 7.31. The van der Waals surface area contributed by atoms with Gasteiger partial charge in [-0.3, -0.25) is 20.0 Å². The average molecular weight is 774 g/mol. The minimum Gasteiger partial charge on any atom is -0.508 e. The molecular formula is C46H53N4O7+. The number of carbonyl (C=O) groups is 1. The van der Waals surface area contributed by atoms with E-state index in [0.29, 0.717) is 30.2 Å². The molecule has 2 bridgehead atoms. The molecular weight excluding hydrogens is 721 g/mol. The Bertz CT molecular complexity index is 2180. The van der Waals surface area contributed by atoms with Gasteiger partial charge in [-0.05, 0) is 90.3 Å². The van der Waals surface area contributed by atoms with E-state index in [9.17, 15) is 25.2 Å². The van der Waals surface area contributed by atoms with Gasteiger partial charge in [0.25, 0.3) is 6.23 Å². The summed E-state index contributed by atoms with van der Waals surface area (Å²) in [5.41, 5.74) is 14.1. The van der Waals surface area contributed by atoms with Crippen molar-refractivity contribution in [3.8, 4) is 41.1 Å². The molecule has 0 aromatic heterocycles. The highest BCUT2D eigenvalue weighted by atomic mass is 16.5. The van der Waals surface area contributed by atoms with Crippen molar-refractivity contribution in [1.29, 1.82) is 0 Å². The number of Topliss-reactive ketones (excluding diaryl/α,β-unsaturated/α-hetero) is 1. The van der Waals surface area contributed by atoms with E-state index in [0.717, 1.165) is 89.9 Å². The minimum atomic E-state index is -1.05. The highest BCUT2D eigenvalue weighted by molar-refractivity contribution is 6.08. The molecule has 57 heavy (non-hydrogen) atoms. The van der Waals surface area contributed by atoms with E-state index in [1.807, 2.05) is 19.2 Å². The fourth-order valence-electron chi connectivity index (χ4n) is 10.6. The molecule has 1 unspecified atom stereocenters. The van der Waals surface area contributed by atoms with Crippen LogP contribution < -0.4 is 25.4 Å². The number of nitrogens with one attached hydrogen (secondary N) is 2. The Labute approximate surface area is 334 Å². The second-order valence-electron chi connectivity index (χ2n) is 17.2. The molecule has 298 valence electrons. The van der Waals surface area contributed by atoms with Gasteiger partial charge in [0.1, 0.15) is 48.1 Å². The van der Waals surface area contributed by atoms with Crippen molar-refractivity contribution in [3.05, 3.63) is 75.6 Å². The zero-order valence-electron chi connectivity index (χ0n) is 32.5. The molecule has 2 aromatic carbocycles. The molecule has 1 saturated carbocycles. The average Bonchev–Trinajstić information content (AvgIpc) is 3.93. The molecule has 0 radical (unpaired) electrons. The number of allylic oxidation sites excluding steroid dienone is 1. The zero-order chi connectivity index (χ0) is 39.4. The van der Waals surface area contributed by atoms with Crippen LogP contribution in [-0.2, 0) is 11.2 Å². The zero-order valence-corrected chi connectivity index (χ0v) is 32.5. The Morgan fingerprint density at radius 3 is 2.75 bits per heavy atom. The first kappa shape index (κ1) is 38.1. The smallest absolute Gasteiger partial charge is 0.252 e. The standard InChI is InChI=1S/C46H52N4O7/c1-2-5-28(51)19-30(53)20-29(52)8-6-26-18-41-40(21-39(26)55)56-17-16-46(14-3-4-15-46)36-12-13-38(54)32-10-11-33-42-27(22-49-44(33)47)7-9-31(43(32)42)34-23-48-37-25-50(24-35(34)37)45(36)57-41/h10-11,18,21,23-24,27-28,30-31,36,38,44-45,49,51,53-55H,2-9,14-15,19-20,22,25,47H2,1H3/p+1/t27-,28-,30+,31-,36-,38-,44-,45-/m0/s1. The number of phenols is 1. The SMILES string of the molecule is CCC[C@H](O)C[C@@H](O)CC(=O)CCc1cc2c(cc1O)OC#CC1(CCCC1)[C@H]1C#C[C@H](O)c3ccc4c5c3[C@@H](CC[C@H]5CN[C@@H]4N)C3=CN=C4C[NH+](C=C34)[C@H]1O2. The number of carbonyl (C=O) groups excluding carboxylic acids is 1. The van der Waals surface area contributed by atoms with Crippen LogP contribution in [0, 0.1) is 35.2 Å². The first-order chi connectivity index (χ1) is 27.6. The van der Waals surface area contributed by atoms with Gasteiger partial charge in [0, 0.05) is 37.6 Å². The first-order valence-electron chi connectivity index (χ1n) is 20.9. The molecule has 9 rings (SSSR count). The summed E-state index contributed by atoms with van der Waals surface area (Å²) < 4.78 is 13.2. The van der Waals surface area contributed by atoms with Gasteiger partial charge in [-0.1, -0.05) is 56.1 Å². The molecule has 9 atom stereocenters. The van der Waals surface area contributed by atoms with Crippen molar-refractivity contribution >= 4 is 11.5 Å². The van der Waals surface area contributed by atoms with Crippen molar-refractivity contribution in [1.82, 2.24) is 5.32 Å². The molecule has 1 spiro atoms. The largest absolute Gasteiger partial charge is 0.508 e. The number of rotatable bonds is 9. The molecule has 5 heterocycles. The van der Waals surface area contributed by atoms with Crippen LogP contribution in [0.25, 0.3) is 0 Å². The fourth-order valence-corrected chi connectivity index (χ4v) is 10.6. The van der Waals surface area contributed by atoms with E-state index >= 15 is 0 Å². The number of phenolic OH excluding ortho intramolecular Hbond substituents is 1. The summed E-state index contributed by atoms with van der Waals surface area (Å²) in [6.45, 7) is 3.35. The molecule has 7 aliphatic rings. The number of hydrogen-bond acceptors (Lipinski definition) is 10. The summed E-state index contributed by atoms with van der Waals surface area (Å²) in [6.07, 6.45) is 11.0. The summed E-state index contributed by atoms with van der Waals surface area (Å²) in [5.74, 6) is 10.8. The highest BCUT2D eigenvalue weighted by Crippen LogP contribution is 2.52. The molecule has 0 amide bonds. The van der Waals surface area contributed by atoms with Crippen LogP contribution in [0.5, 0.6) is 17.2 Å². The van der Waals surface area contributed by atoms with E-state index < -0.39 is 35.9 Å². The second kappa shape index (κ2) is 15.4. The molecule has 2 aliphatic carbocycles. The van der Waals surface area contributed by atoms with E-state index in [1.165, 1.54) is 11.6 Å². The number of hydrogen-bond donors (Lipinski definition) is 7. The number of nitrogens with zero attached hydrogens (tertiary/aromatic N) is 1. The molecule has 2 aromatic rings. The molecule has 8 N–H and O–H groups in total. The predicted molar refractivity (Wildman–Crippen MR) is 213 cm³/mol. The third kappa shape index (κ3) is 6.99. The van der Waals surface area contributed by atoms with Crippen LogP contribution in [0.15, 0.2) is 52.8 Å². The van der Waals surface area contributed by atoms with Gasteiger partial charge in [0.05, 0.1) is 29.4 Å².